The summed E-state index contributed by atoms with van der Waals surface area (Å²) in [4.78, 5) is 23.6. The molecule has 5 rings (SSSR count). The molecule has 0 radical (unpaired) electrons. The molecule has 40 heavy (non-hydrogen) atoms. The highest BCUT2D eigenvalue weighted by molar-refractivity contribution is 5.73. The number of aliphatic carboxylic acids is 1. The van der Waals surface area contributed by atoms with Crippen LogP contribution in [0.1, 0.15) is 67.8 Å². The van der Waals surface area contributed by atoms with Crippen molar-refractivity contribution in [1.29, 1.82) is 0 Å². The molecule has 1 aliphatic carbocycles. The molecular weight excluding hydrogens is 524 g/mol. The summed E-state index contributed by atoms with van der Waals surface area (Å²) in [7, 11) is 0. The van der Waals surface area contributed by atoms with E-state index in [1.807, 2.05) is 6.07 Å². The molecule has 6 nitrogen and oxygen atoms in total. The third-order valence-corrected chi connectivity index (χ3v) is 8.96. The van der Waals surface area contributed by atoms with Crippen LogP contribution in [0.2, 0.25) is 0 Å². The average Bonchev–Trinajstić information content (AvgIpc) is 3.65. The topological polar surface area (TPSA) is 69.6 Å². The zero-order valence-corrected chi connectivity index (χ0v) is 22.7. The van der Waals surface area contributed by atoms with Gasteiger partial charge in [0, 0.05) is 37.9 Å². The molecule has 2 aliphatic heterocycles. The molecule has 3 fully saturated rings. The second kappa shape index (κ2) is 12.5. The van der Waals surface area contributed by atoms with E-state index < -0.39 is 24.0 Å². The number of carboxylic acid groups (broad SMARTS) is 1. The molecule has 3 atom stereocenters. The van der Waals surface area contributed by atoms with Gasteiger partial charge in [-0.25, -0.2) is 14.4 Å². The minimum atomic E-state index is -4.52. The minimum Gasteiger partial charge on any atom is -0.480 e. The van der Waals surface area contributed by atoms with Crippen LogP contribution in [0.4, 0.5) is 17.6 Å². The highest BCUT2D eigenvalue weighted by Gasteiger charge is 2.42. The van der Waals surface area contributed by atoms with Crippen LogP contribution < -0.4 is 0 Å². The van der Waals surface area contributed by atoms with Crippen molar-refractivity contribution < 1.29 is 27.5 Å². The van der Waals surface area contributed by atoms with Crippen molar-refractivity contribution in [3.63, 3.8) is 0 Å². The van der Waals surface area contributed by atoms with E-state index in [1.165, 1.54) is 18.5 Å². The van der Waals surface area contributed by atoms with Crippen molar-refractivity contribution in [3.05, 3.63) is 59.4 Å². The Morgan fingerprint density at radius 3 is 2.40 bits per heavy atom. The van der Waals surface area contributed by atoms with E-state index in [0.717, 1.165) is 69.3 Å². The number of carbonyl (C=O) groups is 1. The highest BCUT2D eigenvalue weighted by Crippen LogP contribution is 2.40. The van der Waals surface area contributed by atoms with E-state index in [0.29, 0.717) is 37.8 Å². The summed E-state index contributed by atoms with van der Waals surface area (Å²) in [6.07, 6.45) is 5.64. The lowest BCUT2D eigenvalue weighted by Crippen LogP contribution is -2.41. The van der Waals surface area contributed by atoms with Gasteiger partial charge in [-0.05, 0) is 86.2 Å². The Morgan fingerprint density at radius 1 is 1.05 bits per heavy atom. The van der Waals surface area contributed by atoms with E-state index in [4.69, 9.17) is 0 Å². The summed E-state index contributed by atoms with van der Waals surface area (Å²) in [6, 6.07) is 6.29. The monoisotopic (exact) mass is 562 g/mol. The number of hydrogen-bond acceptors (Lipinski definition) is 5. The Hall–Kier alpha value is -2.59. The van der Waals surface area contributed by atoms with Crippen LogP contribution in [0.25, 0.3) is 0 Å². The summed E-state index contributed by atoms with van der Waals surface area (Å²) >= 11 is 0. The molecule has 10 heteroatoms. The maximum atomic E-state index is 14.1. The number of rotatable bonds is 11. The molecule has 1 N–H and O–H groups in total. The standard InChI is InChI=1S/C30H38F4N4O2/c31-25-6-2-5-23(14-25)26-19-38(27(28(39)40)13-21-7-8-21)18-24(26)17-37-11-9-20(10-12-37)3-1-4-22-15-35-29(36-16-22)30(32,33)34/h2,5-6,14-16,20-21,24,26-27H,1,3-4,7-13,17-19H2,(H,39,40)/t24-,26+,27?/m0/s1. The number of aryl methyl sites for hydroxylation is 1. The maximum absolute atomic E-state index is 14.1. The SMILES string of the molecule is O=C(O)C(CC1CC1)N1C[C@H](CN2CCC(CCCc3cnc(C(F)(F)F)nc3)CC2)[C@@H](c2cccc(F)c2)C1. The molecule has 2 saturated heterocycles. The lowest BCUT2D eigenvalue weighted by molar-refractivity contribution is -0.145. The number of hydrogen-bond donors (Lipinski definition) is 1. The number of halogens is 4. The Balaban J connectivity index is 1.13. The minimum absolute atomic E-state index is 0.0976. The second-order valence-corrected chi connectivity index (χ2v) is 12.0. The summed E-state index contributed by atoms with van der Waals surface area (Å²) in [6.45, 7) is 4.14. The Bertz CT molecular complexity index is 1130. The van der Waals surface area contributed by atoms with Crippen molar-refractivity contribution in [1.82, 2.24) is 19.8 Å². The number of piperidine rings is 1. The molecule has 0 amide bonds. The molecule has 1 aromatic carbocycles. The highest BCUT2D eigenvalue weighted by atomic mass is 19.4. The van der Waals surface area contributed by atoms with Crippen LogP contribution >= 0.6 is 0 Å². The van der Waals surface area contributed by atoms with Gasteiger partial charge in [0.15, 0.2) is 0 Å². The van der Waals surface area contributed by atoms with Crippen LogP contribution in [-0.2, 0) is 17.4 Å². The molecule has 0 bridgehead atoms. The fourth-order valence-corrected chi connectivity index (χ4v) is 6.55. The molecule has 2 aromatic rings. The van der Waals surface area contributed by atoms with Gasteiger partial charge >= 0.3 is 12.1 Å². The second-order valence-electron chi connectivity index (χ2n) is 12.0. The first kappa shape index (κ1) is 28.9. The fourth-order valence-electron chi connectivity index (χ4n) is 6.55. The van der Waals surface area contributed by atoms with Gasteiger partial charge in [-0.3, -0.25) is 9.69 Å². The van der Waals surface area contributed by atoms with Gasteiger partial charge in [-0.1, -0.05) is 31.4 Å². The Labute approximate surface area is 232 Å². The third kappa shape index (κ3) is 7.57. The van der Waals surface area contributed by atoms with Crippen molar-refractivity contribution in [2.24, 2.45) is 17.8 Å². The van der Waals surface area contributed by atoms with Crippen LogP contribution in [0, 0.1) is 23.6 Å². The number of carboxylic acids is 1. The predicted octanol–water partition coefficient (Wildman–Crippen LogP) is 5.64. The molecular formula is C30H38F4N4O2. The van der Waals surface area contributed by atoms with E-state index in [-0.39, 0.29) is 17.7 Å². The number of likely N-dealkylation sites (tertiary alicyclic amines) is 2. The Kier molecular flexibility index (Phi) is 9.05. The van der Waals surface area contributed by atoms with E-state index >= 15 is 0 Å². The van der Waals surface area contributed by atoms with Crippen LogP contribution in [0.5, 0.6) is 0 Å². The third-order valence-electron chi connectivity index (χ3n) is 8.96. The largest absolute Gasteiger partial charge is 0.480 e. The number of aromatic nitrogens is 2. The average molecular weight is 563 g/mol. The smallest absolute Gasteiger partial charge is 0.451 e. The van der Waals surface area contributed by atoms with E-state index in [9.17, 15) is 27.5 Å². The van der Waals surface area contributed by atoms with Gasteiger partial charge in [0.1, 0.15) is 11.9 Å². The maximum Gasteiger partial charge on any atom is 0.451 e. The predicted molar refractivity (Wildman–Crippen MR) is 142 cm³/mol. The summed E-state index contributed by atoms with van der Waals surface area (Å²) in [5, 5.41) is 9.97. The fraction of sp³-hybridized carbons (Fsp3) is 0.633. The van der Waals surface area contributed by atoms with Gasteiger partial charge in [-0.2, -0.15) is 13.2 Å². The quantitative estimate of drug-likeness (QED) is 0.358. The molecule has 1 saturated carbocycles. The zero-order valence-electron chi connectivity index (χ0n) is 22.7. The first-order valence-electron chi connectivity index (χ1n) is 14.5. The van der Waals surface area contributed by atoms with Crippen LogP contribution in [0.3, 0.4) is 0 Å². The van der Waals surface area contributed by atoms with E-state index in [1.54, 1.807) is 12.1 Å². The van der Waals surface area contributed by atoms with Gasteiger partial charge in [0.05, 0.1) is 0 Å². The van der Waals surface area contributed by atoms with Crippen LogP contribution in [0.15, 0.2) is 36.7 Å². The van der Waals surface area contributed by atoms with Crippen LogP contribution in [-0.4, -0.2) is 69.6 Å². The summed E-state index contributed by atoms with van der Waals surface area (Å²) in [5.41, 5.74) is 1.67. The van der Waals surface area contributed by atoms with Crippen molar-refractivity contribution >= 4 is 5.97 Å². The molecule has 0 spiro atoms. The van der Waals surface area contributed by atoms with Gasteiger partial charge in [0.25, 0.3) is 0 Å². The summed E-state index contributed by atoms with van der Waals surface area (Å²) < 4.78 is 52.1. The van der Waals surface area contributed by atoms with Gasteiger partial charge in [-0.15, -0.1) is 0 Å². The first-order chi connectivity index (χ1) is 19.2. The number of alkyl halides is 3. The number of benzene rings is 1. The molecule has 1 aromatic heterocycles. The Morgan fingerprint density at radius 2 is 1.77 bits per heavy atom. The molecule has 218 valence electrons. The van der Waals surface area contributed by atoms with Crippen molar-refractivity contribution in [3.8, 4) is 0 Å². The summed E-state index contributed by atoms with van der Waals surface area (Å²) in [5.74, 6) is -0.700. The normalized spacial score (nSPS) is 23.9. The zero-order chi connectivity index (χ0) is 28.3. The van der Waals surface area contributed by atoms with Gasteiger partial charge < -0.3 is 10.0 Å². The molecule has 1 unspecified atom stereocenters. The number of nitrogens with zero attached hydrogens (tertiary/aromatic N) is 4. The van der Waals surface area contributed by atoms with Crippen molar-refractivity contribution in [2.75, 3.05) is 32.7 Å². The lowest BCUT2D eigenvalue weighted by Gasteiger charge is -2.35. The van der Waals surface area contributed by atoms with Crippen molar-refractivity contribution in [2.45, 2.75) is 69.5 Å². The molecule has 3 heterocycles. The lowest BCUT2D eigenvalue weighted by atomic mass is 9.87. The molecule has 3 aliphatic rings. The van der Waals surface area contributed by atoms with Gasteiger partial charge in [0.2, 0.25) is 5.82 Å². The first-order valence-corrected chi connectivity index (χ1v) is 14.5. The van der Waals surface area contributed by atoms with E-state index in [2.05, 4.69) is 19.8 Å².